The minimum atomic E-state index is -1.01. The summed E-state index contributed by atoms with van der Waals surface area (Å²) >= 11 is 0. The molecule has 0 saturated carbocycles. The number of esters is 4. The van der Waals surface area contributed by atoms with Crippen molar-refractivity contribution in [3.8, 4) is 0 Å². The quantitative estimate of drug-likeness (QED) is 0.300. The van der Waals surface area contributed by atoms with E-state index in [1.54, 1.807) is 0 Å². The van der Waals surface area contributed by atoms with Gasteiger partial charge in [-0.25, -0.2) is 19.2 Å². The average molecular weight is 300 g/mol. The molecular weight excluding hydrogens is 284 g/mol. The van der Waals surface area contributed by atoms with Crippen LogP contribution in [0.3, 0.4) is 0 Å². The Morgan fingerprint density at radius 3 is 1.57 bits per heavy atom. The molecule has 0 spiro atoms. The molecule has 0 rings (SSSR count). The third kappa shape index (κ3) is 4.75. The predicted molar refractivity (Wildman–Crippen MR) is 68.8 cm³/mol. The van der Waals surface area contributed by atoms with E-state index in [1.165, 1.54) is 6.92 Å². The molecule has 0 radical (unpaired) electrons. The average Bonchev–Trinajstić information content (AvgIpc) is 2.51. The van der Waals surface area contributed by atoms with Crippen LogP contribution >= 0.6 is 0 Å². The predicted octanol–water partition coefficient (Wildman–Crippen LogP) is -0.0787. The molecule has 0 aromatic rings. The smallest absolute Gasteiger partial charge is 0.339 e. The maximum absolute atomic E-state index is 11.8. The minimum Gasteiger partial charge on any atom is -0.466 e. The highest BCUT2D eigenvalue weighted by atomic mass is 16.5. The van der Waals surface area contributed by atoms with Crippen molar-refractivity contribution in [2.45, 2.75) is 6.92 Å². The van der Waals surface area contributed by atoms with Crippen molar-refractivity contribution in [3.05, 3.63) is 22.8 Å². The minimum absolute atomic E-state index is 0.218. The van der Waals surface area contributed by atoms with E-state index in [2.05, 4.69) is 18.9 Å². The van der Waals surface area contributed by atoms with Crippen molar-refractivity contribution in [1.82, 2.24) is 0 Å². The number of carbonyl (C=O) groups excluding carboxylic acids is 4. The maximum atomic E-state index is 11.8. The molecule has 0 amide bonds. The van der Waals surface area contributed by atoms with Gasteiger partial charge in [-0.05, 0) is 6.92 Å². The highest BCUT2D eigenvalue weighted by molar-refractivity contribution is 6.13. The molecule has 0 N–H and O–H groups in total. The van der Waals surface area contributed by atoms with Gasteiger partial charge in [-0.15, -0.1) is 0 Å². The second kappa shape index (κ2) is 8.51. The van der Waals surface area contributed by atoms with Crippen molar-refractivity contribution in [3.63, 3.8) is 0 Å². The van der Waals surface area contributed by atoms with E-state index in [0.717, 1.165) is 34.5 Å². The van der Waals surface area contributed by atoms with Crippen LogP contribution < -0.4 is 0 Å². The highest BCUT2D eigenvalue weighted by Crippen LogP contribution is 2.19. The van der Waals surface area contributed by atoms with Crippen LogP contribution in [-0.4, -0.2) is 52.3 Å². The van der Waals surface area contributed by atoms with Crippen LogP contribution in [0.15, 0.2) is 22.8 Å². The van der Waals surface area contributed by atoms with E-state index in [0.29, 0.717) is 0 Å². The summed E-state index contributed by atoms with van der Waals surface area (Å²) < 4.78 is 17.9. The van der Waals surface area contributed by atoms with Gasteiger partial charge in [0.25, 0.3) is 0 Å². The molecule has 116 valence electrons. The number of methoxy groups -OCH3 is 4. The Morgan fingerprint density at radius 2 is 1.19 bits per heavy atom. The highest BCUT2D eigenvalue weighted by Gasteiger charge is 2.28. The topological polar surface area (TPSA) is 105 Å². The van der Waals surface area contributed by atoms with Gasteiger partial charge in [0.05, 0.1) is 39.6 Å². The Kier molecular flexibility index (Phi) is 7.44. The molecule has 0 aromatic carbocycles. The number of ether oxygens (including phenoxy) is 4. The molecule has 0 aliphatic carbocycles. The first-order valence-electron chi connectivity index (χ1n) is 5.59. The van der Waals surface area contributed by atoms with Crippen LogP contribution in [0.2, 0.25) is 0 Å². The lowest BCUT2D eigenvalue weighted by atomic mass is 10.00. The van der Waals surface area contributed by atoms with E-state index in [-0.39, 0.29) is 5.57 Å². The van der Waals surface area contributed by atoms with Crippen LogP contribution in [0.25, 0.3) is 0 Å². The van der Waals surface area contributed by atoms with Crippen molar-refractivity contribution >= 4 is 23.9 Å². The number of hydrogen-bond acceptors (Lipinski definition) is 8. The van der Waals surface area contributed by atoms with Crippen LogP contribution in [0, 0.1) is 0 Å². The molecule has 0 aliphatic rings. The summed E-state index contributed by atoms with van der Waals surface area (Å²) in [7, 11) is 4.29. The Bertz CT molecular complexity index is 512. The third-order valence-electron chi connectivity index (χ3n) is 2.39. The molecule has 0 heterocycles. The van der Waals surface area contributed by atoms with Crippen LogP contribution in [0.1, 0.15) is 6.92 Å². The molecular formula is C13H16O8. The monoisotopic (exact) mass is 300 g/mol. The van der Waals surface area contributed by atoms with Gasteiger partial charge in [0.1, 0.15) is 0 Å². The second-order valence-electron chi connectivity index (χ2n) is 3.56. The van der Waals surface area contributed by atoms with E-state index in [1.807, 2.05) is 0 Å². The second-order valence-corrected chi connectivity index (χ2v) is 3.56. The van der Waals surface area contributed by atoms with Gasteiger partial charge in [-0.1, -0.05) is 0 Å². The van der Waals surface area contributed by atoms with E-state index < -0.39 is 35.0 Å². The lowest BCUT2D eigenvalue weighted by Gasteiger charge is -2.11. The van der Waals surface area contributed by atoms with Crippen molar-refractivity contribution in [2.24, 2.45) is 0 Å². The summed E-state index contributed by atoms with van der Waals surface area (Å²) in [5, 5.41) is 0. The number of hydrogen-bond donors (Lipinski definition) is 0. The zero-order valence-corrected chi connectivity index (χ0v) is 12.3. The normalized spacial score (nSPS) is 12.0. The summed E-state index contributed by atoms with van der Waals surface area (Å²) in [5.74, 6) is -3.79. The van der Waals surface area contributed by atoms with Gasteiger partial charge in [0.15, 0.2) is 0 Å². The fourth-order valence-corrected chi connectivity index (χ4v) is 1.34. The lowest BCUT2D eigenvalue weighted by molar-refractivity contribution is -0.141. The first kappa shape index (κ1) is 18.4. The summed E-state index contributed by atoms with van der Waals surface area (Å²) in [6.07, 6.45) is 0.727. The number of carbonyl (C=O) groups is 4. The molecule has 0 aliphatic heterocycles. The molecule has 0 aromatic heterocycles. The van der Waals surface area contributed by atoms with Crippen LogP contribution in [0.4, 0.5) is 0 Å². The largest absolute Gasteiger partial charge is 0.466 e. The van der Waals surface area contributed by atoms with Crippen molar-refractivity contribution in [2.75, 3.05) is 28.4 Å². The Balaban J connectivity index is 6.25. The van der Waals surface area contributed by atoms with E-state index in [4.69, 9.17) is 0 Å². The Hall–Kier alpha value is -2.64. The van der Waals surface area contributed by atoms with Crippen LogP contribution in [-0.2, 0) is 38.1 Å². The number of rotatable bonds is 5. The Labute approximate surface area is 121 Å². The standard InChI is InChI=1S/C13H16O8/c1-7(11(15)19-3)10(13(17)21-5)8(12(16)20-4)6-9(14)18-2/h6H,1-5H3/b8-6?,10-7-. The molecule has 0 unspecified atom stereocenters. The summed E-state index contributed by atoms with van der Waals surface area (Å²) in [6, 6.07) is 0. The SMILES string of the molecule is COC(=O)C=C(C(=O)OC)/C(C(=O)OC)=C(\C)C(=O)OC. The third-order valence-corrected chi connectivity index (χ3v) is 2.39. The van der Waals surface area contributed by atoms with E-state index in [9.17, 15) is 19.2 Å². The van der Waals surface area contributed by atoms with Gasteiger partial charge in [0.2, 0.25) is 0 Å². The molecule has 0 bridgehead atoms. The zero-order chi connectivity index (χ0) is 16.6. The molecule has 8 nitrogen and oxygen atoms in total. The summed E-state index contributed by atoms with van der Waals surface area (Å²) in [4.78, 5) is 46.4. The van der Waals surface area contributed by atoms with Gasteiger partial charge in [-0.3, -0.25) is 0 Å². The van der Waals surface area contributed by atoms with Gasteiger partial charge in [-0.2, -0.15) is 0 Å². The van der Waals surface area contributed by atoms with Crippen molar-refractivity contribution < 1.29 is 38.1 Å². The molecule has 21 heavy (non-hydrogen) atoms. The van der Waals surface area contributed by atoms with Gasteiger partial charge < -0.3 is 18.9 Å². The van der Waals surface area contributed by atoms with Gasteiger partial charge in [0, 0.05) is 11.6 Å². The fourth-order valence-electron chi connectivity index (χ4n) is 1.34. The summed E-state index contributed by atoms with van der Waals surface area (Å²) in [6.45, 7) is 1.24. The molecule has 0 atom stereocenters. The van der Waals surface area contributed by atoms with E-state index >= 15 is 0 Å². The Morgan fingerprint density at radius 1 is 0.714 bits per heavy atom. The fraction of sp³-hybridized carbons (Fsp3) is 0.385. The molecule has 0 fully saturated rings. The molecule has 0 saturated heterocycles. The lowest BCUT2D eigenvalue weighted by Crippen LogP contribution is -2.20. The van der Waals surface area contributed by atoms with Crippen molar-refractivity contribution in [1.29, 1.82) is 0 Å². The summed E-state index contributed by atoms with van der Waals surface area (Å²) in [5.41, 5.74) is -1.13. The first-order chi connectivity index (χ1) is 9.83. The zero-order valence-electron chi connectivity index (χ0n) is 12.3. The van der Waals surface area contributed by atoms with Crippen LogP contribution in [0.5, 0.6) is 0 Å². The molecule has 8 heteroatoms. The first-order valence-corrected chi connectivity index (χ1v) is 5.59. The maximum Gasteiger partial charge on any atom is 0.339 e. The van der Waals surface area contributed by atoms with Gasteiger partial charge >= 0.3 is 23.9 Å².